The zero-order chi connectivity index (χ0) is 52.8. The minimum absolute atomic E-state index is 0.0244. The summed E-state index contributed by atoms with van der Waals surface area (Å²) in [6, 6.07) is 17.3. The number of hydrogen-bond acceptors (Lipinski definition) is 13. The van der Waals surface area contributed by atoms with E-state index < -0.39 is 53.0 Å². The van der Waals surface area contributed by atoms with Gasteiger partial charge in [0.1, 0.15) is 23.4 Å². The Labute approximate surface area is 431 Å². The molecule has 7 rings (SSSR count). The maximum atomic E-state index is 14.1. The van der Waals surface area contributed by atoms with Gasteiger partial charge in [-0.05, 0) is 106 Å². The Bertz CT molecular complexity index is 2800. The molecule has 3 N–H and O–H groups in total. The Morgan fingerprint density at radius 3 is 2.33 bits per heavy atom. The molecule has 2 aliphatic rings. The first-order chi connectivity index (χ1) is 34.7. The van der Waals surface area contributed by atoms with E-state index in [0.29, 0.717) is 56.3 Å². The van der Waals surface area contributed by atoms with Crippen molar-refractivity contribution in [3.63, 3.8) is 0 Å². The molecule has 2 fully saturated rings. The summed E-state index contributed by atoms with van der Waals surface area (Å²) in [5.41, 5.74) is 2.16. The summed E-state index contributed by atoms with van der Waals surface area (Å²) < 4.78 is 60.2. The molecule has 1 unspecified atom stereocenters. The Kier molecular flexibility index (Phi) is 17.3. The van der Waals surface area contributed by atoms with Gasteiger partial charge in [0.15, 0.2) is 10.9 Å². The zero-order valence-electron chi connectivity index (χ0n) is 41.3. The van der Waals surface area contributed by atoms with E-state index in [1.165, 1.54) is 17.2 Å². The van der Waals surface area contributed by atoms with Crippen molar-refractivity contribution in [1.82, 2.24) is 25.0 Å². The summed E-state index contributed by atoms with van der Waals surface area (Å²) in [5.74, 6) is -0.454. The average molecular weight is 1050 g/mol. The highest BCUT2D eigenvalue weighted by Gasteiger charge is 2.51. The standard InChI is InChI=1S/C52H59F3N8O8S2/c1-31(2)45(48(67)60-28-40(65)25-44(60)47(66)59-32(3)34-8-10-35(11-9-34)46-33(4)57-30-73-46)61-29-42(27-58-61)70-21-7-20-69-22-18-39(64)19-23-71-41-16-14-37(15-17-41)63-50(72)62(49(68)51(63,5)6)38-13-12-36(26-56)43(24-38)52(53,54)55/h8-17,24,27,29-32,39-40,44-45,64-65H,7,18-23,25,28H2,1-6H3,(H,59,66)/t32-,39?,40+,44-,45+/m0/s1. The average Bonchev–Trinajstić information content (AvgIpc) is 4.13. The number of aryl methyl sites for hydroxylation is 1. The zero-order valence-corrected chi connectivity index (χ0v) is 43.0. The number of halogens is 3. The number of ether oxygens (including phenoxy) is 3. The molecule has 2 saturated heterocycles. The van der Waals surface area contributed by atoms with E-state index in [4.69, 9.17) is 26.4 Å². The van der Waals surface area contributed by atoms with Crippen LogP contribution in [0, 0.1) is 24.2 Å². The molecule has 388 valence electrons. The topological polar surface area (TPSA) is 196 Å². The number of alkyl halides is 3. The fourth-order valence-electron chi connectivity index (χ4n) is 8.90. The number of aromatic nitrogens is 3. The number of nitrogens with one attached hydrogen (secondary N) is 1. The second-order valence-corrected chi connectivity index (χ2v) is 20.1. The highest BCUT2D eigenvalue weighted by atomic mass is 32.1. The van der Waals surface area contributed by atoms with E-state index in [0.717, 1.165) is 38.7 Å². The lowest BCUT2D eigenvalue weighted by Crippen LogP contribution is -2.49. The van der Waals surface area contributed by atoms with Crippen molar-refractivity contribution >= 4 is 57.8 Å². The molecule has 16 nitrogen and oxygen atoms in total. The largest absolute Gasteiger partial charge is 0.493 e. The van der Waals surface area contributed by atoms with Gasteiger partial charge in [0.05, 0.1) is 82.8 Å². The highest BCUT2D eigenvalue weighted by molar-refractivity contribution is 7.81. The first-order valence-corrected chi connectivity index (χ1v) is 25.2. The number of anilines is 2. The number of likely N-dealkylation sites (tertiary alicyclic amines) is 1. The second-order valence-electron chi connectivity index (χ2n) is 18.9. The van der Waals surface area contributed by atoms with E-state index in [-0.39, 0.29) is 54.1 Å². The summed E-state index contributed by atoms with van der Waals surface area (Å²) in [5, 5.41) is 37.9. The van der Waals surface area contributed by atoms with Crippen LogP contribution in [0.15, 0.2) is 84.6 Å². The SMILES string of the molecule is Cc1ncsc1-c1ccc([C@H](C)NC(=O)[C@@H]2C[C@@H](O)CN2C(=O)[C@@H](C(C)C)n2cc(OCCCOCCC(O)CCOc3ccc(N4C(=S)N(c5ccc(C#N)c(C(F)(F)F)c5)C(=O)C4(C)C)cc3)cn2)cc1. The van der Waals surface area contributed by atoms with Gasteiger partial charge in [0.2, 0.25) is 11.8 Å². The Morgan fingerprint density at radius 1 is 0.986 bits per heavy atom. The molecule has 0 spiro atoms. The molecule has 3 aromatic carbocycles. The van der Waals surface area contributed by atoms with Gasteiger partial charge in [0.25, 0.3) is 5.91 Å². The third-order valence-electron chi connectivity index (χ3n) is 12.9. The number of carbonyl (C=O) groups excluding carboxylic acids is 3. The molecule has 21 heteroatoms. The predicted octanol–water partition coefficient (Wildman–Crippen LogP) is 8.16. The molecule has 5 atom stereocenters. The van der Waals surface area contributed by atoms with E-state index in [2.05, 4.69) is 15.4 Å². The molecule has 3 amide bonds. The fourth-order valence-corrected chi connectivity index (χ4v) is 10.2. The number of thiazole rings is 1. The Morgan fingerprint density at radius 2 is 1.67 bits per heavy atom. The van der Waals surface area contributed by atoms with Crippen molar-refractivity contribution in [2.45, 2.75) is 109 Å². The maximum absolute atomic E-state index is 14.1. The monoisotopic (exact) mass is 1040 g/mol. The van der Waals surface area contributed by atoms with Crippen LogP contribution in [0.1, 0.15) is 94.8 Å². The number of hydrogen-bond donors (Lipinski definition) is 3. The molecule has 73 heavy (non-hydrogen) atoms. The fraction of sp³-hybridized carbons (Fsp3) is 0.442. The summed E-state index contributed by atoms with van der Waals surface area (Å²) in [4.78, 5) is 50.8. The molecule has 2 aliphatic heterocycles. The lowest BCUT2D eigenvalue weighted by molar-refractivity contribution is -0.142. The van der Waals surface area contributed by atoms with Crippen LogP contribution in [-0.2, 0) is 25.3 Å². The third kappa shape index (κ3) is 12.5. The lowest BCUT2D eigenvalue weighted by Gasteiger charge is -2.30. The van der Waals surface area contributed by atoms with E-state index in [1.54, 1.807) is 71.3 Å². The smallest absolute Gasteiger partial charge is 0.417 e. The molecule has 0 saturated carbocycles. The van der Waals surface area contributed by atoms with Gasteiger partial charge >= 0.3 is 6.18 Å². The van der Waals surface area contributed by atoms with Crippen molar-refractivity contribution in [2.75, 3.05) is 42.8 Å². The van der Waals surface area contributed by atoms with E-state index in [9.17, 15) is 43.0 Å². The van der Waals surface area contributed by atoms with Crippen LogP contribution in [-0.4, -0.2) is 109 Å². The van der Waals surface area contributed by atoms with E-state index in [1.807, 2.05) is 57.5 Å². The number of thiocarbonyl (C=S) groups is 1. The minimum atomic E-state index is -4.81. The summed E-state index contributed by atoms with van der Waals surface area (Å²) >= 11 is 7.19. The number of β-amino-alcohol motifs (C(OH)–C–C–N with tert-alkyl or cyclic N) is 1. The van der Waals surface area contributed by atoms with Crippen LogP contribution < -0.4 is 24.6 Å². The second kappa shape index (κ2) is 23.2. The van der Waals surface area contributed by atoms with Crippen molar-refractivity contribution in [1.29, 1.82) is 5.26 Å². The van der Waals surface area contributed by atoms with Crippen molar-refractivity contribution in [3.8, 4) is 28.0 Å². The lowest BCUT2D eigenvalue weighted by atomic mass is 10.0. The number of nitriles is 1. The minimum Gasteiger partial charge on any atom is -0.493 e. The summed E-state index contributed by atoms with van der Waals surface area (Å²) in [7, 11) is 0. The van der Waals surface area contributed by atoms with Crippen LogP contribution in [0.25, 0.3) is 10.4 Å². The third-order valence-corrected chi connectivity index (χ3v) is 14.2. The molecule has 5 aromatic rings. The Hall–Kier alpha value is -6.44. The number of amides is 3. The van der Waals surface area contributed by atoms with Gasteiger partial charge in [-0.1, -0.05) is 38.1 Å². The first kappa shape index (κ1) is 54.3. The van der Waals surface area contributed by atoms with Crippen LogP contribution >= 0.6 is 23.6 Å². The number of rotatable bonds is 21. The number of carbonyl (C=O) groups is 3. The molecule has 0 radical (unpaired) electrons. The molecule has 0 aliphatic carbocycles. The predicted molar refractivity (Wildman–Crippen MR) is 272 cm³/mol. The molecule has 4 heterocycles. The highest BCUT2D eigenvalue weighted by Crippen LogP contribution is 2.40. The maximum Gasteiger partial charge on any atom is 0.417 e. The van der Waals surface area contributed by atoms with Gasteiger partial charge in [-0.15, -0.1) is 11.3 Å². The molecule has 0 bridgehead atoms. The number of aliphatic hydroxyl groups is 2. The van der Waals surface area contributed by atoms with Crippen LogP contribution in [0.3, 0.4) is 0 Å². The number of nitrogens with zero attached hydrogens (tertiary/aromatic N) is 7. The van der Waals surface area contributed by atoms with Crippen molar-refractivity contribution in [2.24, 2.45) is 5.92 Å². The summed E-state index contributed by atoms with van der Waals surface area (Å²) in [6.45, 7) is 12.1. The van der Waals surface area contributed by atoms with Crippen LogP contribution in [0.2, 0.25) is 0 Å². The van der Waals surface area contributed by atoms with E-state index >= 15 is 0 Å². The van der Waals surface area contributed by atoms with Crippen LogP contribution in [0.4, 0.5) is 24.5 Å². The number of aliphatic hydroxyl groups excluding tert-OH is 2. The number of benzene rings is 3. The molecule has 2 aromatic heterocycles. The van der Waals surface area contributed by atoms with Gasteiger partial charge in [0, 0.05) is 44.7 Å². The van der Waals surface area contributed by atoms with Gasteiger partial charge < -0.3 is 39.5 Å². The molecular weight excluding hydrogens is 986 g/mol. The van der Waals surface area contributed by atoms with Gasteiger partial charge in [-0.3, -0.25) is 24.0 Å². The normalized spacial score (nSPS) is 18.0. The van der Waals surface area contributed by atoms with Gasteiger partial charge in [-0.2, -0.15) is 23.5 Å². The van der Waals surface area contributed by atoms with Gasteiger partial charge in [-0.25, -0.2) is 4.98 Å². The van der Waals surface area contributed by atoms with Crippen molar-refractivity contribution in [3.05, 3.63) is 107 Å². The van der Waals surface area contributed by atoms with Crippen molar-refractivity contribution < 1.29 is 52.0 Å². The summed E-state index contributed by atoms with van der Waals surface area (Å²) in [6.07, 6.45) is -1.82. The molecular formula is C52H59F3N8O8S2. The quantitative estimate of drug-likeness (QED) is 0.0471. The first-order valence-electron chi connectivity index (χ1n) is 23.9. The Balaban J connectivity index is 0.809. The van der Waals surface area contributed by atoms with Crippen LogP contribution in [0.5, 0.6) is 11.5 Å².